The number of benzene rings is 1. The molecule has 0 unspecified atom stereocenters. The van der Waals surface area contributed by atoms with Crippen LogP contribution in [0.2, 0.25) is 0 Å². The van der Waals surface area contributed by atoms with Gasteiger partial charge >= 0.3 is 0 Å². The van der Waals surface area contributed by atoms with Gasteiger partial charge in [-0.1, -0.05) is 6.07 Å². The van der Waals surface area contributed by atoms with Gasteiger partial charge in [-0.3, -0.25) is 0 Å². The fraction of sp³-hybridized carbons (Fsp3) is 0.333. The molecule has 2 aromatic rings. The van der Waals surface area contributed by atoms with Crippen molar-refractivity contribution >= 4 is 15.9 Å². The van der Waals surface area contributed by atoms with Gasteiger partial charge in [-0.2, -0.15) is 5.10 Å². The van der Waals surface area contributed by atoms with Crippen molar-refractivity contribution < 1.29 is 0 Å². The lowest BCUT2D eigenvalue weighted by Gasteiger charge is -2.10. The molecule has 0 aliphatic rings. The molecule has 0 aliphatic carbocycles. The van der Waals surface area contributed by atoms with Crippen LogP contribution in [0.15, 0.2) is 22.7 Å². The SMILES string of the molecule is Cc1nc(C)n(-c2ccc([C@H](C)N)cc2Br)n1. The summed E-state index contributed by atoms with van der Waals surface area (Å²) in [5.74, 6) is 1.64. The molecule has 4 nitrogen and oxygen atoms in total. The number of aromatic nitrogens is 3. The minimum Gasteiger partial charge on any atom is -0.324 e. The Bertz CT molecular complexity index is 545. The average Bonchev–Trinajstić information content (AvgIpc) is 2.57. The van der Waals surface area contributed by atoms with Gasteiger partial charge in [0.05, 0.1) is 5.69 Å². The van der Waals surface area contributed by atoms with Gasteiger partial charge in [-0.05, 0) is 54.4 Å². The molecule has 0 bridgehead atoms. The zero-order chi connectivity index (χ0) is 12.6. The number of nitrogens with zero attached hydrogens (tertiary/aromatic N) is 3. The van der Waals surface area contributed by atoms with Gasteiger partial charge in [0.1, 0.15) is 11.6 Å². The van der Waals surface area contributed by atoms with E-state index in [1.807, 2.05) is 43.7 Å². The van der Waals surface area contributed by atoms with Crippen molar-refractivity contribution in [2.75, 3.05) is 0 Å². The molecule has 5 heteroatoms. The van der Waals surface area contributed by atoms with Crippen molar-refractivity contribution in [3.8, 4) is 5.69 Å². The molecule has 1 atom stereocenters. The summed E-state index contributed by atoms with van der Waals surface area (Å²) in [6.45, 7) is 5.78. The van der Waals surface area contributed by atoms with E-state index < -0.39 is 0 Å². The number of halogens is 1. The van der Waals surface area contributed by atoms with E-state index in [4.69, 9.17) is 5.73 Å². The van der Waals surface area contributed by atoms with Crippen LogP contribution in [-0.2, 0) is 0 Å². The van der Waals surface area contributed by atoms with Crippen molar-refractivity contribution in [3.63, 3.8) is 0 Å². The van der Waals surface area contributed by atoms with Crippen LogP contribution in [0, 0.1) is 13.8 Å². The lowest BCUT2D eigenvalue weighted by molar-refractivity contribution is 0.804. The van der Waals surface area contributed by atoms with Gasteiger partial charge in [0, 0.05) is 10.5 Å². The summed E-state index contributed by atoms with van der Waals surface area (Å²) in [4.78, 5) is 4.29. The first-order valence-electron chi connectivity index (χ1n) is 5.44. The lowest BCUT2D eigenvalue weighted by atomic mass is 10.1. The highest BCUT2D eigenvalue weighted by atomic mass is 79.9. The standard InChI is InChI=1S/C12H15BrN4/c1-7(14)10-4-5-12(11(13)6-10)17-9(3)15-8(2)16-17/h4-7H,14H2,1-3H3/t7-/m0/s1. The van der Waals surface area contributed by atoms with Crippen molar-refractivity contribution in [2.24, 2.45) is 5.73 Å². The fourth-order valence-corrected chi connectivity index (χ4v) is 2.29. The van der Waals surface area contributed by atoms with E-state index in [0.717, 1.165) is 27.4 Å². The summed E-state index contributed by atoms with van der Waals surface area (Å²) in [6, 6.07) is 6.07. The maximum atomic E-state index is 5.85. The first-order valence-corrected chi connectivity index (χ1v) is 6.24. The van der Waals surface area contributed by atoms with Gasteiger partial charge in [0.2, 0.25) is 0 Å². The molecule has 1 heterocycles. The van der Waals surface area contributed by atoms with E-state index in [0.29, 0.717) is 0 Å². The second-order valence-corrected chi connectivity index (χ2v) is 4.97. The second-order valence-electron chi connectivity index (χ2n) is 4.12. The molecule has 0 amide bonds. The summed E-state index contributed by atoms with van der Waals surface area (Å²) in [7, 11) is 0. The van der Waals surface area contributed by atoms with E-state index >= 15 is 0 Å². The smallest absolute Gasteiger partial charge is 0.148 e. The Labute approximate surface area is 109 Å². The molecule has 2 N–H and O–H groups in total. The topological polar surface area (TPSA) is 56.7 Å². The van der Waals surface area contributed by atoms with Crippen molar-refractivity contribution in [1.82, 2.24) is 14.8 Å². The van der Waals surface area contributed by atoms with Crippen molar-refractivity contribution in [1.29, 1.82) is 0 Å². The molecule has 90 valence electrons. The molecular formula is C12H15BrN4. The quantitative estimate of drug-likeness (QED) is 0.926. The number of hydrogen-bond donors (Lipinski definition) is 1. The third-order valence-electron chi connectivity index (χ3n) is 2.60. The van der Waals surface area contributed by atoms with Gasteiger partial charge in [0.25, 0.3) is 0 Å². The molecule has 0 aliphatic heterocycles. The summed E-state index contributed by atoms with van der Waals surface area (Å²) in [5.41, 5.74) is 7.92. The van der Waals surface area contributed by atoms with E-state index in [1.54, 1.807) is 0 Å². The molecule has 1 aromatic carbocycles. The van der Waals surface area contributed by atoms with Gasteiger partial charge < -0.3 is 5.73 Å². The second kappa shape index (κ2) is 4.58. The van der Waals surface area contributed by atoms with E-state index in [9.17, 15) is 0 Å². The Morgan fingerprint density at radius 3 is 2.53 bits per heavy atom. The highest BCUT2D eigenvalue weighted by Crippen LogP contribution is 2.25. The molecule has 2 rings (SSSR count). The third-order valence-corrected chi connectivity index (χ3v) is 3.24. The van der Waals surface area contributed by atoms with E-state index in [-0.39, 0.29) is 6.04 Å². The van der Waals surface area contributed by atoms with Crippen LogP contribution in [0.3, 0.4) is 0 Å². The average molecular weight is 295 g/mol. The van der Waals surface area contributed by atoms with Gasteiger partial charge in [-0.25, -0.2) is 9.67 Å². The van der Waals surface area contributed by atoms with Gasteiger partial charge in [-0.15, -0.1) is 0 Å². The highest BCUT2D eigenvalue weighted by molar-refractivity contribution is 9.10. The number of hydrogen-bond acceptors (Lipinski definition) is 3. The predicted octanol–water partition coefficient (Wildman–Crippen LogP) is 2.67. The van der Waals surface area contributed by atoms with Crippen molar-refractivity contribution in [2.45, 2.75) is 26.8 Å². The number of aryl methyl sites for hydroxylation is 2. The monoisotopic (exact) mass is 294 g/mol. The first-order chi connectivity index (χ1) is 7.99. The van der Waals surface area contributed by atoms with Crippen LogP contribution in [0.1, 0.15) is 30.2 Å². The normalized spacial score (nSPS) is 12.8. The molecule has 0 saturated heterocycles. The van der Waals surface area contributed by atoms with Crippen LogP contribution in [-0.4, -0.2) is 14.8 Å². The van der Waals surface area contributed by atoms with Crippen LogP contribution in [0.25, 0.3) is 5.69 Å². The Hall–Kier alpha value is -1.20. The lowest BCUT2D eigenvalue weighted by Crippen LogP contribution is -2.06. The Kier molecular flexibility index (Phi) is 3.31. The predicted molar refractivity (Wildman–Crippen MR) is 71.1 cm³/mol. The molecule has 1 aromatic heterocycles. The number of rotatable bonds is 2. The maximum Gasteiger partial charge on any atom is 0.148 e. The fourth-order valence-electron chi connectivity index (χ4n) is 1.73. The number of nitrogens with two attached hydrogens (primary N) is 1. The molecule has 0 saturated carbocycles. The molecular weight excluding hydrogens is 280 g/mol. The first kappa shape index (κ1) is 12.3. The Morgan fingerprint density at radius 1 is 1.35 bits per heavy atom. The Morgan fingerprint density at radius 2 is 2.06 bits per heavy atom. The highest BCUT2D eigenvalue weighted by Gasteiger charge is 2.10. The molecule has 0 radical (unpaired) electrons. The van der Waals surface area contributed by atoms with Crippen LogP contribution in [0.5, 0.6) is 0 Å². The van der Waals surface area contributed by atoms with Gasteiger partial charge in [0.15, 0.2) is 0 Å². The zero-order valence-electron chi connectivity index (χ0n) is 10.1. The van der Waals surface area contributed by atoms with Crippen LogP contribution < -0.4 is 5.73 Å². The molecule has 0 spiro atoms. The Balaban J connectivity index is 2.50. The summed E-state index contributed by atoms with van der Waals surface area (Å²) >= 11 is 3.55. The minimum absolute atomic E-state index is 0.0268. The molecule has 17 heavy (non-hydrogen) atoms. The van der Waals surface area contributed by atoms with E-state index in [1.165, 1.54) is 0 Å². The van der Waals surface area contributed by atoms with Crippen LogP contribution >= 0.6 is 15.9 Å². The maximum absolute atomic E-state index is 5.85. The molecule has 0 fully saturated rings. The minimum atomic E-state index is 0.0268. The summed E-state index contributed by atoms with van der Waals surface area (Å²) < 4.78 is 2.80. The largest absolute Gasteiger partial charge is 0.324 e. The summed E-state index contributed by atoms with van der Waals surface area (Å²) in [5, 5.41) is 4.36. The summed E-state index contributed by atoms with van der Waals surface area (Å²) in [6.07, 6.45) is 0. The van der Waals surface area contributed by atoms with E-state index in [2.05, 4.69) is 26.0 Å². The zero-order valence-corrected chi connectivity index (χ0v) is 11.7. The van der Waals surface area contributed by atoms with Crippen LogP contribution in [0.4, 0.5) is 0 Å². The van der Waals surface area contributed by atoms with Crippen molar-refractivity contribution in [3.05, 3.63) is 39.9 Å². The third kappa shape index (κ3) is 2.40.